The van der Waals surface area contributed by atoms with E-state index in [4.69, 9.17) is 0 Å². The minimum absolute atomic E-state index is 0.0593. The van der Waals surface area contributed by atoms with Crippen molar-refractivity contribution in [1.82, 2.24) is 9.88 Å². The molecule has 1 unspecified atom stereocenters. The summed E-state index contributed by atoms with van der Waals surface area (Å²) in [6, 6.07) is 25.9. The molecule has 0 aliphatic carbocycles. The van der Waals surface area contributed by atoms with Crippen LogP contribution in [0.2, 0.25) is 0 Å². The van der Waals surface area contributed by atoms with Crippen LogP contribution in [0, 0.1) is 5.92 Å². The Bertz CT molecular complexity index is 1350. The summed E-state index contributed by atoms with van der Waals surface area (Å²) in [5, 5.41) is 13.4. The predicted octanol–water partition coefficient (Wildman–Crippen LogP) is 5.65. The molecule has 0 fully saturated rings. The first-order chi connectivity index (χ1) is 17.4. The first-order valence-electron chi connectivity index (χ1n) is 11.8. The summed E-state index contributed by atoms with van der Waals surface area (Å²) < 4.78 is 1.21. The monoisotopic (exact) mass is 500 g/mol. The van der Waals surface area contributed by atoms with E-state index < -0.39 is 12.0 Å². The molecule has 184 valence electrons. The second-order valence-electron chi connectivity index (χ2n) is 8.79. The number of aromatic nitrogens is 1. The van der Waals surface area contributed by atoms with Crippen molar-refractivity contribution >= 4 is 39.8 Å². The third-order valence-electron chi connectivity index (χ3n) is 6.04. The molecule has 1 amide bonds. The van der Waals surface area contributed by atoms with Crippen molar-refractivity contribution in [3.05, 3.63) is 108 Å². The smallest absolute Gasteiger partial charge is 0.416 e. The first kappa shape index (κ1) is 25.3. The fourth-order valence-corrected chi connectivity index (χ4v) is 5.20. The molecule has 1 aromatic heterocycles. The summed E-state index contributed by atoms with van der Waals surface area (Å²) >= 11 is 1.16. The van der Waals surface area contributed by atoms with Crippen LogP contribution in [-0.2, 0) is 17.6 Å². The zero-order valence-corrected chi connectivity index (χ0v) is 20.8. The van der Waals surface area contributed by atoms with E-state index in [1.807, 2.05) is 67.6 Å². The molecule has 3 aromatic carbocycles. The van der Waals surface area contributed by atoms with Gasteiger partial charge in [-0.25, -0.2) is 4.79 Å². The van der Waals surface area contributed by atoms with Crippen LogP contribution >= 0.6 is 11.8 Å². The predicted molar refractivity (Wildman–Crippen MR) is 144 cm³/mol. The molecule has 6 nitrogen and oxygen atoms in total. The molecular weight excluding hydrogens is 472 g/mol. The molecule has 2 N–H and O–H groups in total. The summed E-state index contributed by atoms with van der Waals surface area (Å²) in [7, 11) is 0. The molecule has 7 heteroatoms. The van der Waals surface area contributed by atoms with Crippen molar-refractivity contribution in [2.45, 2.75) is 25.8 Å². The van der Waals surface area contributed by atoms with Crippen molar-refractivity contribution in [2.24, 2.45) is 5.92 Å². The SMILES string of the molecule is C[C@@H](Cc1cn(C(=O)O)c2ccccc12)NC(=O)C(CSC(=O)c1ccccc1)Cc1ccccc1. The zero-order chi connectivity index (χ0) is 25.5. The normalized spacial score (nSPS) is 12.7. The summed E-state index contributed by atoms with van der Waals surface area (Å²) in [6.07, 6.45) is 1.58. The van der Waals surface area contributed by atoms with Gasteiger partial charge >= 0.3 is 6.09 Å². The number of hydrogen-bond acceptors (Lipinski definition) is 4. The van der Waals surface area contributed by atoms with Gasteiger partial charge in [-0.2, -0.15) is 0 Å². The lowest BCUT2D eigenvalue weighted by Crippen LogP contribution is -2.40. The number of hydrogen-bond donors (Lipinski definition) is 2. The van der Waals surface area contributed by atoms with Gasteiger partial charge in [0.25, 0.3) is 0 Å². The maximum absolute atomic E-state index is 13.3. The number of benzene rings is 3. The van der Waals surface area contributed by atoms with Crippen molar-refractivity contribution in [3.8, 4) is 0 Å². The molecule has 2 atom stereocenters. The maximum atomic E-state index is 13.3. The highest BCUT2D eigenvalue weighted by Gasteiger charge is 2.23. The van der Waals surface area contributed by atoms with Crippen LogP contribution in [0.1, 0.15) is 28.4 Å². The Morgan fingerprint density at radius 2 is 1.53 bits per heavy atom. The van der Waals surface area contributed by atoms with Gasteiger partial charge in [-0.3, -0.25) is 14.2 Å². The summed E-state index contributed by atoms with van der Waals surface area (Å²) in [5.41, 5.74) is 3.12. The van der Waals surface area contributed by atoms with Crippen LogP contribution in [0.4, 0.5) is 4.79 Å². The second-order valence-corrected chi connectivity index (χ2v) is 9.78. The second kappa shape index (κ2) is 11.7. The Morgan fingerprint density at radius 3 is 2.22 bits per heavy atom. The minimum atomic E-state index is -1.04. The van der Waals surface area contributed by atoms with Crippen molar-refractivity contribution < 1.29 is 19.5 Å². The van der Waals surface area contributed by atoms with Crippen LogP contribution in [0.3, 0.4) is 0 Å². The number of para-hydroxylation sites is 1. The molecule has 0 aliphatic rings. The average Bonchev–Trinajstić information content (AvgIpc) is 3.26. The van der Waals surface area contributed by atoms with Gasteiger partial charge < -0.3 is 10.4 Å². The highest BCUT2D eigenvalue weighted by atomic mass is 32.2. The van der Waals surface area contributed by atoms with E-state index in [9.17, 15) is 19.5 Å². The average molecular weight is 501 g/mol. The number of rotatable bonds is 9. The van der Waals surface area contributed by atoms with E-state index in [0.29, 0.717) is 29.7 Å². The Morgan fingerprint density at radius 1 is 0.889 bits per heavy atom. The number of nitrogens with one attached hydrogen (secondary N) is 1. The maximum Gasteiger partial charge on any atom is 0.416 e. The molecule has 4 aromatic rings. The fourth-order valence-electron chi connectivity index (χ4n) is 4.27. The van der Waals surface area contributed by atoms with Crippen LogP contribution < -0.4 is 5.32 Å². The Hall–Kier alpha value is -3.84. The van der Waals surface area contributed by atoms with Gasteiger partial charge in [-0.1, -0.05) is 90.6 Å². The molecule has 0 aliphatic heterocycles. The van der Waals surface area contributed by atoms with Gasteiger partial charge in [0, 0.05) is 28.9 Å². The first-order valence-corrected chi connectivity index (χ1v) is 12.8. The Kier molecular flexibility index (Phi) is 8.23. The Labute approximate surface area is 214 Å². The van der Waals surface area contributed by atoms with E-state index in [0.717, 1.165) is 28.3 Å². The van der Waals surface area contributed by atoms with Crippen LogP contribution in [-0.4, -0.2) is 38.6 Å². The molecule has 0 bridgehead atoms. The number of carbonyl (C=O) groups excluding carboxylic acids is 2. The number of nitrogens with zero attached hydrogens (tertiary/aromatic N) is 1. The highest BCUT2D eigenvalue weighted by molar-refractivity contribution is 8.14. The standard InChI is InChI=1S/C29H28N2O4S/c1-20(16-23-18-31(29(34)35)26-15-9-8-14-25(23)26)30-27(32)24(17-21-10-4-2-5-11-21)19-36-28(33)22-12-6-3-7-13-22/h2-15,18,20,24H,16-17,19H2,1H3,(H,30,32)(H,34,35)/t20-,24?/m0/s1. The quantitative estimate of drug-likeness (QED) is 0.310. The van der Waals surface area contributed by atoms with Crippen molar-refractivity contribution in [2.75, 3.05) is 5.75 Å². The lowest BCUT2D eigenvalue weighted by molar-refractivity contribution is -0.124. The summed E-state index contributed by atoms with van der Waals surface area (Å²) in [5.74, 6) is -0.158. The summed E-state index contributed by atoms with van der Waals surface area (Å²) in [4.78, 5) is 37.6. The minimum Gasteiger partial charge on any atom is -0.464 e. The number of carboxylic acid groups (broad SMARTS) is 1. The van der Waals surface area contributed by atoms with Crippen LogP contribution in [0.15, 0.2) is 91.1 Å². The number of fused-ring (bicyclic) bond motifs is 1. The number of amides is 1. The van der Waals surface area contributed by atoms with Gasteiger partial charge in [0.1, 0.15) is 0 Å². The molecule has 36 heavy (non-hydrogen) atoms. The number of thioether (sulfide) groups is 1. The molecule has 0 saturated heterocycles. The van der Waals surface area contributed by atoms with Crippen molar-refractivity contribution in [1.29, 1.82) is 0 Å². The Balaban J connectivity index is 1.46. The van der Waals surface area contributed by atoms with Crippen LogP contribution in [0.5, 0.6) is 0 Å². The van der Waals surface area contributed by atoms with Crippen molar-refractivity contribution in [3.63, 3.8) is 0 Å². The summed E-state index contributed by atoms with van der Waals surface area (Å²) in [6.45, 7) is 1.91. The van der Waals surface area contributed by atoms with Gasteiger partial charge in [-0.15, -0.1) is 0 Å². The molecule has 0 saturated carbocycles. The van der Waals surface area contributed by atoms with Gasteiger partial charge in [0.15, 0.2) is 0 Å². The molecule has 1 heterocycles. The molecule has 0 radical (unpaired) electrons. The van der Waals surface area contributed by atoms with Gasteiger partial charge in [0.05, 0.1) is 11.4 Å². The third-order valence-corrected chi connectivity index (χ3v) is 7.10. The largest absolute Gasteiger partial charge is 0.464 e. The topological polar surface area (TPSA) is 88.4 Å². The third kappa shape index (κ3) is 6.23. The highest BCUT2D eigenvalue weighted by Crippen LogP contribution is 2.23. The van der Waals surface area contributed by atoms with E-state index >= 15 is 0 Å². The van der Waals surface area contributed by atoms with E-state index in [1.165, 1.54) is 4.57 Å². The zero-order valence-electron chi connectivity index (χ0n) is 20.0. The molecule has 4 rings (SSSR count). The fraction of sp³-hybridized carbons (Fsp3) is 0.207. The number of carbonyl (C=O) groups is 3. The van der Waals surface area contributed by atoms with E-state index in [1.54, 1.807) is 30.5 Å². The van der Waals surface area contributed by atoms with Gasteiger partial charge in [0.2, 0.25) is 11.0 Å². The van der Waals surface area contributed by atoms with Crippen LogP contribution in [0.25, 0.3) is 10.9 Å². The van der Waals surface area contributed by atoms with E-state index in [2.05, 4.69) is 5.32 Å². The van der Waals surface area contributed by atoms with E-state index in [-0.39, 0.29) is 17.1 Å². The molecule has 0 spiro atoms. The lowest BCUT2D eigenvalue weighted by atomic mass is 9.99. The molecular formula is C29H28N2O4S. The van der Waals surface area contributed by atoms with Gasteiger partial charge in [-0.05, 0) is 37.0 Å². The lowest BCUT2D eigenvalue weighted by Gasteiger charge is -2.20.